The molecule has 0 radical (unpaired) electrons. The first-order valence-electron chi connectivity index (χ1n) is 6.31. The number of furan rings is 1. The fourth-order valence-electron chi connectivity index (χ4n) is 1.91. The standard InChI is InChI=1S/C15H15NO6/c1-19-12-8-10(9-13(20-2)15(12)21-3)4-5-11-6-7-14(22-11)16(17)18/h4-9H,1-3H3/b5-4+. The van der Waals surface area contributed by atoms with E-state index in [9.17, 15) is 10.1 Å². The van der Waals surface area contributed by atoms with Crippen LogP contribution in [-0.2, 0) is 0 Å². The Balaban J connectivity index is 2.31. The minimum Gasteiger partial charge on any atom is -0.493 e. The van der Waals surface area contributed by atoms with Gasteiger partial charge in [-0.2, -0.15) is 0 Å². The van der Waals surface area contributed by atoms with Crippen molar-refractivity contribution in [1.29, 1.82) is 0 Å². The van der Waals surface area contributed by atoms with E-state index in [-0.39, 0.29) is 5.88 Å². The first-order chi connectivity index (χ1) is 10.6. The molecule has 0 atom stereocenters. The van der Waals surface area contributed by atoms with E-state index in [1.807, 2.05) is 0 Å². The molecule has 0 unspecified atom stereocenters. The summed E-state index contributed by atoms with van der Waals surface area (Å²) in [5.74, 6) is 1.61. The molecule has 22 heavy (non-hydrogen) atoms. The summed E-state index contributed by atoms with van der Waals surface area (Å²) < 4.78 is 20.8. The zero-order chi connectivity index (χ0) is 16.1. The summed E-state index contributed by atoms with van der Waals surface area (Å²) in [5, 5.41) is 10.6. The van der Waals surface area contributed by atoms with Gasteiger partial charge in [-0.15, -0.1) is 0 Å². The number of rotatable bonds is 6. The summed E-state index contributed by atoms with van der Waals surface area (Å²) in [4.78, 5) is 9.98. The van der Waals surface area contributed by atoms with Crippen molar-refractivity contribution in [2.45, 2.75) is 0 Å². The number of ether oxygens (including phenoxy) is 3. The lowest BCUT2D eigenvalue weighted by Gasteiger charge is -2.12. The molecule has 2 aromatic rings. The Morgan fingerprint density at radius 1 is 1.05 bits per heavy atom. The molecule has 0 amide bonds. The Morgan fingerprint density at radius 3 is 2.14 bits per heavy atom. The molecule has 7 heteroatoms. The van der Waals surface area contributed by atoms with E-state index in [0.29, 0.717) is 23.0 Å². The second kappa shape index (κ2) is 6.66. The Hall–Kier alpha value is -2.96. The Kier molecular flexibility index (Phi) is 4.67. The van der Waals surface area contributed by atoms with E-state index in [2.05, 4.69) is 0 Å². The molecule has 2 rings (SSSR count). The quantitative estimate of drug-likeness (QED) is 0.601. The molecule has 0 aliphatic carbocycles. The van der Waals surface area contributed by atoms with E-state index >= 15 is 0 Å². The zero-order valence-corrected chi connectivity index (χ0v) is 12.4. The lowest BCUT2D eigenvalue weighted by atomic mass is 10.1. The summed E-state index contributed by atoms with van der Waals surface area (Å²) >= 11 is 0. The van der Waals surface area contributed by atoms with Gasteiger partial charge in [-0.05, 0) is 29.8 Å². The number of benzene rings is 1. The highest BCUT2D eigenvalue weighted by Gasteiger charge is 2.13. The average molecular weight is 305 g/mol. The molecular weight excluding hydrogens is 290 g/mol. The van der Waals surface area contributed by atoms with E-state index in [1.165, 1.54) is 33.5 Å². The van der Waals surface area contributed by atoms with E-state index < -0.39 is 4.92 Å². The lowest BCUT2D eigenvalue weighted by Crippen LogP contribution is -1.95. The van der Waals surface area contributed by atoms with Crippen LogP contribution in [0.4, 0.5) is 5.88 Å². The van der Waals surface area contributed by atoms with Crippen LogP contribution >= 0.6 is 0 Å². The molecule has 0 fully saturated rings. The summed E-state index contributed by atoms with van der Waals surface area (Å²) in [5.41, 5.74) is 0.772. The normalized spacial score (nSPS) is 10.7. The van der Waals surface area contributed by atoms with E-state index in [4.69, 9.17) is 18.6 Å². The van der Waals surface area contributed by atoms with Crippen molar-refractivity contribution in [3.05, 3.63) is 45.7 Å². The van der Waals surface area contributed by atoms with Crippen LogP contribution < -0.4 is 14.2 Å². The van der Waals surface area contributed by atoms with Gasteiger partial charge in [-0.25, -0.2) is 0 Å². The summed E-state index contributed by atoms with van der Waals surface area (Å²) in [6.07, 6.45) is 3.35. The predicted molar refractivity (Wildman–Crippen MR) is 80.4 cm³/mol. The number of nitrogens with zero attached hydrogens (tertiary/aromatic N) is 1. The van der Waals surface area contributed by atoms with Crippen molar-refractivity contribution >= 4 is 18.0 Å². The van der Waals surface area contributed by atoms with Crippen molar-refractivity contribution in [3.8, 4) is 17.2 Å². The molecule has 0 aliphatic rings. The van der Waals surface area contributed by atoms with Crippen LogP contribution in [0.25, 0.3) is 12.2 Å². The average Bonchev–Trinajstić information content (AvgIpc) is 3.00. The summed E-state index contributed by atoms with van der Waals surface area (Å²) in [7, 11) is 4.58. The van der Waals surface area contributed by atoms with Gasteiger partial charge in [-0.1, -0.05) is 6.08 Å². The summed E-state index contributed by atoms with van der Waals surface area (Å²) in [6, 6.07) is 6.34. The van der Waals surface area contributed by atoms with Crippen molar-refractivity contribution in [1.82, 2.24) is 0 Å². The highest BCUT2D eigenvalue weighted by atomic mass is 16.6. The lowest BCUT2D eigenvalue weighted by molar-refractivity contribution is -0.402. The van der Waals surface area contributed by atoms with Gasteiger partial charge in [0.15, 0.2) is 11.5 Å². The third kappa shape index (κ3) is 3.20. The molecular formula is C15H15NO6. The van der Waals surface area contributed by atoms with Gasteiger partial charge in [0, 0.05) is 0 Å². The van der Waals surface area contributed by atoms with Crippen LogP contribution in [0.15, 0.2) is 28.7 Å². The molecule has 1 heterocycles. The molecule has 0 bridgehead atoms. The highest BCUT2D eigenvalue weighted by Crippen LogP contribution is 2.38. The maximum atomic E-state index is 10.6. The summed E-state index contributed by atoms with van der Waals surface area (Å²) in [6.45, 7) is 0. The first kappa shape index (κ1) is 15.4. The zero-order valence-electron chi connectivity index (χ0n) is 12.4. The van der Waals surface area contributed by atoms with Crippen LogP contribution in [0.1, 0.15) is 11.3 Å². The second-order valence-corrected chi connectivity index (χ2v) is 4.23. The minimum absolute atomic E-state index is 0.301. The van der Waals surface area contributed by atoms with Gasteiger partial charge < -0.3 is 18.6 Å². The fourth-order valence-corrected chi connectivity index (χ4v) is 1.91. The first-order valence-corrected chi connectivity index (χ1v) is 6.31. The third-order valence-corrected chi connectivity index (χ3v) is 2.92. The van der Waals surface area contributed by atoms with Crippen LogP contribution in [0.2, 0.25) is 0 Å². The van der Waals surface area contributed by atoms with Gasteiger partial charge in [0.05, 0.1) is 27.4 Å². The Labute approximate surface area is 126 Å². The third-order valence-electron chi connectivity index (χ3n) is 2.92. The van der Waals surface area contributed by atoms with Crippen LogP contribution in [0.5, 0.6) is 17.2 Å². The second-order valence-electron chi connectivity index (χ2n) is 4.23. The van der Waals surface area contributed by atoms with E-state index in [1.54, 1.807) is 24.3 Å². The monoisotopic (exact) mass is 305 g/mol. The smallest absolute Gasteiger partial charge is 0.433 e. The van der Waals surface area contributed by atoms with E-state index in [0.717, 1.165) is 5.56 Å². The molecule has 0 N–H and O–H groups in total. The minimum atomic E-state index is -0.587. The Morgan fingerprint density at radius 2 is 1.68 bits per heavy atom. The van der Waals surface area contributed by atoms with Gasteiger partial charge in [0.25, 0.3) is 0 Å². The molecule has 0 saturated carbocycles. The number of hydrogen-bond acceptors (Lipinski definition) is 6. The molecule has 0 saturated heterocycles. The van der Waals surface area contributed by atoms with Crippen LogP contribution in [0, 0.1) is 10.1 Å². The molecule has 116 valence electrons. The number of nitro groups is 1. The van der Waals surface area contributed by atoms with Crippen molar-refractivity contribution in [2.24, 2.45) is 0 Å². The largest absolute Gasteiger partial charge is 0.493 e. The van der Waals surface area contributed by atoms with Crippen molar-refractivity contribution in [2.75, 3.05) is 21.3 Å². The molecule has 0 spiro atoms. The van der Waals surface area contributed by atoms with Crippen molar-refractivity contribution < 1.29 is 23.6 Å². The number of methoxy groups -OCH3 is 3. The Bertz CT molecular complexity index is 679. The predicted octanol–water partition coefficient (Wildman–Crippen LogP) is 3.38. The number of hydrogen-bond donors (Lipinski definition) is 0. The topological polar surface area (TPSA) is 84.0 Å². The molecule has 1 aromatic carbocycles. The highest BCUT2D eigenvalue weighted by molar-refractivity contribution is 5.71. The maximum absolute atomic E-state index is 10.6. The van der Waals surface area contributed by atoms with Gasteiger partial charge in [0.2, 0.25) is 5.75 Å². The SMILES string of the molecule is COc1cc(/C=C/c2ccc([N+](=O)[O-])o2)cc(OC)c1OC. The van der Waals surface area contributed by atoms with Gasteiger partial charge in [0.1, 0.15) is 10.7 Å². The molecule has 0 aliphatic heterocycles. The fraction of sp³-hybridized carbons (Fsp3) is 0.200. The maximum Gasteiger partial charge on any atom is 0.433 e. The van der Waals surface area contributed by atoms with Crippen molar-refractivity contribution in [3.63, 3.8) is 0 Å². The van der Waals surface area contributed by atoms with Crippen LogP contribution in [-0.4, -0.2) is 26.3 Å². The van der Waals surface area contributed by atoms with Crippen LogP contribution in [0.3, 0.4) is 0 Å². The van der Waals surface area contributed by atoms with Gasteiger partial charge in [-0.3, -0.25) is 10.1 Å². The molecule has 1 aromatic heterocycles. The van der Waals surface area contributed by atoms with Gasteiger partial charge >= 0.3 is 5.88 Å². The molecule has 7 nitrogen and oxygen atoms in total.